The summed E-state index contributed by atoms with van der Waals surface area (Å²) < 4.78 is 10.3. The third-order valence-electron chi connectivity index (χ3n) is 2.83. The molecule has 1 aromatic carbocycles. The molecule has 7 heteroatoms. The third-order valence-corrected chi connectivity index (χ3v) is 2.83. The van der Waals surface area contributed by atoms with Crippen LogP contribution in [0.2, 0.25) is 0 Å². The molecule has 0 aliphatic carbocycles. The Morgan fingerprint density at radius 1 is 0.880 bits per heavy atom. The summed E-state index contributed by atoms with van der Waals surface area (Å²) in [5, 5.41) is 7.19. The number of esters is 2. The molecular weight excluding hydrogens is 367 g/mol. The molecule has 0 radical (unpaired) electrons. The number of halogens is 2. The summed E-state index contributed by atoms with van der Waals surface area (Å²) in [7, 11) is 1.00. The molecule has 0 saturated heterocycles. The van der Waals surface area contributed by atoms with Crippen LogP contribution in [0.25, 0.3) is 0 Å². The number of ether oxygens (including phenoxy) is 2. The Bertz CT molecular complexity index is 426. The van der Waals surface area contributed by atoms with Crippen LogP contribution in [-0.2, 0) is 9.47 Å². The van der Waals surface area contributed by atoms with Gasteiger partial charge in [-0.3, -0.25) is 0 Å². The van der Waals surface area contributed by atoms with Gasteiger partial charge in [-0.25, -0.2) is 9.59 Å². The molecule has 144 valence electrons. The maximum Gasteiger partial charge on any atom is 0.339 e. The van der Waals surface area contributed by atoms with E-state index in [1.807, 2.05) is 13.8 Å². The zero-order chi connectivity index (χ0) is 19.5. The van der Waals surface area contributed by atoms with E-state index in [-0.39, 0.29) is 16.5 Å². The van der Waals surface area contributed by atoms with Crippen molar-refractivity contribution < 1.29 is 24.2 Å². The number of alkyl halides is 2. The lowest BCUT2D eigenvalue weighted by molar-refractivity contribution is 0.0452. The predicted molar refractivity (Wildman–Crippen MR) is 102 cm³/mol. The lowest BCUT2D eigenvalue weighted by Crippen LogP contribution is -2.14. The second-order valence-electron chi connectivity index (χ2n) is 4.63. The van der Waals surface area contributed by atoms with Crippen molar-refractivity contribution in [3.63, 3.8) is 0 Å². The van der Waals surface area contributed by atoms with Crippen LogP contribution in [0.5, 0.6) is 0 Å². The number of benzene rings is 1. The van der Waals surface area contributed by atoms with Crippen LogP contribution >= 0.6 is 23.2 Å². The van der Waals surface area contributed by atoms with Gasteiger partial charge in [-0.15, -0.1) is 23.2 Å². The fourth-order valence-electron chi connectivity index (χ4n) is 1.61. The molecule has 0 aliphatic heterocycles. The molecule has 0 saturated carbocycles. The molecule has 1 rings (SSSR count). The summed E-state index contributed by atoms with van der Waals surface area (Å²) in [4.78, 5) is 23.9. The summed E-state index contributed by atoms with van der Waals surface area (Å²) in [6.45, 7) is 4.78. The van der Waals surface area contributed by atoms with Gasteiger partial charge in [0.1, 0.15) is 0 Å². The monoisotopic (exact) mass is 394 g/mol. The Morgan fingerprint density at radius 2 is 1.20 bits per heavy atom. The van der Waals surface area contributed by atoms with E-state index in [9.17, 15) is 9.59 Å². The largest absolute Gasteiger partial charge is 0.462 e. The second kappa shape index (κ2) is 19.0. The van der Waals surface area contributed by atoms with Gasteiger partial charge in [-0.2, -0.15) is 0 Å². The molecule has 0 unspecified atom stereocenters. The van der Waals surface area contributed by atoms with Gasteiger partial charge < -0.3 is 14.6 Å². The van der Waals surface area contributed by atoms with Gasteiger partial charge in [0, 0.05) is 7.11 Å². The fourth-order valence-corrected chi connectivity index (χ4v) is 1.61. The van der Waals surface area contributed by atoms with Crippen molar-refractivity contribution in [1.82, 2.24) is 0 Å². The first kappa shape index (κ1) is 25.9. The summed E-state index contributed by atoms with van der Waals surface area (Å²) >= 11 is 9.53. The Kier molecular flexibility index (Phi) is 19.7. The van der Waals surface area contributed by atoms with Crippen LogP contribution in [0.15, 0.2) is 24.3 Å². The fraction of sp³-hybridized carbons (Fsp3) is 0.556. The Labute approximate surface area is 160 Å². The number of unbranched alkanes of at least 4 members (excludes halogenated alkanes) is 2. The van der Waals surface area contributed by atoms with Gasteiger partial charge in [-0.05, 0) is 25.0 Å². The average Bonchev–Trinajstić information content (AvgIpc) is 2.64. The molecule has 25 heavy (non-hydrogen) atoms. The minimum atomic E-state index is -0.471. The number of aliphatic hydroxyl groups excluding tert-OH is 1. The average molecular weight is 395 g/mol. The first-order valence-corrected chi connectivity index (χ1v) is 9.19. The molecule has 0 aliphatic rings. The molecule has 5 nitrogen and oxygen atoms in total. The second-order valence-corrected chi connectivity index (χ2v) is 5.43. The van der Waals surface area contributed by atoms with E-state index in [1.165, 1.54) is 0 Å². The van der Waals surface area contributed by atoms with E-state index in [0.29, 0.717) is 13.2 Å². The van der Waals surface area contributed by atoms with Gasteiger partial charge >= 0.3 is 11.9 Å². The molecule has 0 fully saturated rings. The van der Waals surface area contributed by atoms with Crippen LogP contribution in [0.3, 0.4) is 0 Å². The van der Waals surface area contributed by atoms with Crippen molar-refractivity contribution >= 4 is 35.1 Å². The van der Waals surface area contributed by atoms with Gasteiger partial charge in [0.2, 0.25) is 0 Å². The van der Waals surface area contributed by atoms with Crippen LogP contribution in [0.4, 0.5) is 0 Å². The van der Waals surface area contributed by atoms with Gasteiger partial charge in [0.15, 0.2) is 0 Å². The quantitative estimate of drug-likeness (QED) is 0.395. The highest BCUT2D eigenvalue weighted by Crippen LogP contribution is 2.12. The predicted octanol–water partition coefficient (Wildman–Crippen LogP) is 4.63. The van der Waals surface area contributed by atoms with Crippen LogP contribution in [-0.4, -0.2) is 42.7 Å². The topological polar surface area (TPSA) is 72.8 Å². The number of rotatable bonds is 8. The minimum Gasteiger partial charge on any atom is -0.462 e. The Morgan fingerprint density at radius 3 is 1.48 bits per heavy atom. The van der Waals surface area contributed by atoms with E-state index in [2.05, 4.69) is 0 Å². The number of aliphatic hydroxyl groups is 1. The van der Waals surface area contributed by atoms with E-state index in [1.54, 1.807) is 24.3 Å². The van der Waals surface area contributed by atoms with Gasteiger partial charge in [0.05, 0.1) is 29.7 Å². The highest BCUT2D eigenvalue weighted by molar-refractivity contribution is 6.40. The van der Waals surface area contributed by atoms with Gasteiger partial charge in [0.25, 0.3) is 0 Å². The number of carbonyl (C=O) groups is 2. The summed E-state index contributed by atoms with van der Waals surface area (Å²) in [5.74, 6) is -0.942. The van der Waals surface area contributed by atoms with E-state index in [0.717, 1.165) is 32.8 Å². The molecule has 0 bridgehead atoms. The zero-order valence-electron chi connectivity index (χ0n) is 15.1. The summed E-state index contributed by atoms with van der Waals surface area (Å²) in [5.41, 5.74) is 0.537. The highest BCUT2D eigenvalue weighted by atomic mass is 35.5. The van der Waals surface area contributed by atoms with Crippen LogP contribution < -0.4 is 0 Å². The lowest BCUT2D eigenvalue weighted by atomic mass is 10.1. The van der Waals surface area contributed by atoms with Crippen LogP contribution in [0.1, 0.15) is 60.2 Å². The molecular formula is C18H28Cl2O5. The minimum absolute atomic E-state index is 0.194. The smallest absolute Gasteiger partial charge is 0.339 e. The number of hydrogen-bond acceptors (Lipinski definition) is 5. The lowest BCUT2D eigenvalue weighted by Gasteiger charge is -2.09. The summed E-state index contributed by atoms with van der Waals surface area (Å²) in [6, 6.07) is 6.59. The molecule has 1 N–H and O–H groups in total. The van der Waals surface area contributed by atoms with Crippen molar-refractivity contribution in [3.05, 3.63) is 35.4 Å². The third kappa shape index (κ3) is 12.7. The van der Waals surface area contributed by atoms with Crippen molar-refractivity contribution in [1.29, 1.82) is 0 Å². The van der Waals surface area contributed by atoms with Crippen LogP contribution in [0, 0.1) is 0 Å². The molecule has 0 aromatic heterocycles. The van der Waals surface area contributed by atoms with Crippen molar-refractivity contribution in [2.45, 2.75) is 39.5 Å². The SMILES string of the molecule is CCCCOC(=O)c1ccccc1C(=O)OCCCC.CO.ClCCl. The Balaban J connectivity index is 0. The van der Waals surface area contributed by atoms with Crippen molar-refractivity contribution in [2.24, 2.45) is 0 Å². The molecule has 0 amide bonds. The zero-order valence-corrected chi connectivity index (χ0v) is 16.6. The first-order chi connectivity index (χ1) is 12.1. The Hall–Kier alpha value is -1.30. The highest BCUT2D eigenvalue weighted by Gasteiger charge is 2.18. The maximum atomic E-state index is 11.9. The normalized spacial score (nSPS) is 9.04. The summed E-state index contributed by atoms with van der Waals surface area (Å²) in [6.07, 6.45) is 3.53. The van der Waals surface area contributed by atoms with E-state index >= 15 is 0 Å². The van der Waals surface area contributed by atoms with E-state index in [4.69, 9.17) is 37.8 Å². The van der Waals surface area contributed by atoms with Crippen molar-refractivity contribution in [2.75, 3.05) is 25.7 Å². The molecule has 0 spiro atoms. The molecule has 1 aromatic rings. The molecule has 0 heterocycles. The van der Waals surface area contributed by atoms with Gasteiger partial charge in [-0.1, -0.05) is 38.8 Å². The molecule has 0 atom stereocenters. The number of hydrogen-bond donors (Lipinski definition) is 1. The van der Waals surface area contributed by atoms with E-state index < -0.39 is 11.9 Å². The standard InChI is InChI=1S/C16H22O4.CH2Cl2.CH4O/c1-3-5-11-19-15(17)13-9-7-8-10-14(13)16(18)20-12-6-4-2;2-1-3;1-2/h7-10H,3-6,11-12H2,1-2H3;1H2;2H,1H3. The maximum absolute atomic E-state index is 11.9. The number of carbonyl (C=O) groups excluding carboxylic acids is 2. The first-order valence-electron chi connectivity index (χ1n) is 8.12. The van der Waals surface area contributed by atoms with Crippen molar-refractivity contribution in [3.8, 4) is 0 Å².